The van der Waals surface area contributed by atoms with Crippen LogP contribution in [0.5, 0.6) is 0 Å². The molecule has 0 rings (SSSR count). The van der Waals surface area contributed by atoms with E-state index in [4.69, 9.17) is 9.47 Å². The van der Waals surface area contributed by atoms with Gasteiger partial charge in [-0.15, -0.1) is 0 Å². The Morgan fingerprint density at radius 2 is 0.783 bits per heavy atom. The zero-order valence-electron chi connectivity index (χ0n) is 37.6. The van der Waals surface area contributed by atoms with Crippen molar-refractivity contribution in [1.29, 1.82) is 0 Å². The van der Waals surface area contributed by atoms with Gasteiger partial charge < -0.3 is 19.9 Å². The minimum Gasteiger partial charge on any atom is -0.466 e. The van der Waals surface area contributed by atoms with E-state index in [0.29, 0.717) is 25.7 Å². The van der Waals surface area contributed by atoms with Crippen LogP contribution in [-0.2, 0) is 23.9 Å². The molecule has 0 aliphatic rings. The van der Waals surface area contributed by atoms with Crippen molar-refractivity contribution in [2.24, 2.45) is 5.41 Å². The van der Waals surface area contributed by atoms with Crippen molar-refractivity contribution >= 4 is 17.8 Å². The molecule has 1 amide bonds. The number of hydrogen-bond acceptors (Lipinski definition) is 6. The summed E-state index contributed by atoms with van der Waals surface area (Å²) >= 11 is 0. The molecular weight excluding hydrogens is 747 g/mol. The number of rotatable bonds is 36. The Hall–Kier alpha value is -4.75. The fraction of sp³-hybridized carbons (Fsp3) is 0.491. The van der Waals surface area contributed by atoms with Crippen LogP contribution in [0.15, 0.2) is 146 Å². The van der Waals surface area contributed by atoms with Gasteiger partial charge in [-0.1, -0.05) is 174 Å². The number of carbonyl (C=O) groups excluding carboxylic acids is 3. The van der Waals surface area contributed by atoms with Gasteiger partial charge in [-0.3, -0.25) is 14.4 Å². The SMILES string of the molecule is CCC=CCC=CCC=CCC=CCC=CCC=CCCC(=O)OCCCNC(=O)C(O)C(C)(C)COC(=O)CCC=CCC=CCC=CCC=CCC=CCC=CCC. The average molecular weight is 826 g/mol. The number of aliphatic hydroxyl groups is 1. The van der Waals surface area contributed by atoms with Crippen LogP contribution < -0.4 is 5.32 Å². The number of esters is 2. The fourth-order valence-corrected chi connectivity index (χ4v) is 5.09. The van der Waals surface area contributed by atoms with Crippen LogP contribution in [0.3, 0.4) is 0 Å². The molecule has 332 valence electrons. The van der Waals surface area contributed by atoms with Crippen molar-refractivity contribution in [2.45, 2.75) is 143 Å². The van der Waals surface area contributed by atoms with Crippen molar-refractivity contribution < 1.29 is 29.0 Å². The van der Waals surface area contributed by atoms with E-state index in [1.54, 1.807) is 13.8 Å². The molecule has 0 saturated heterocycles. The molecule has 0 heterocycles. The van der Waals surface area contributed by atoms with Crippen molar-refractivity contribution in [2.75, 3.05) is 19.8 Å². The summed E-state index contributed by atoms with van der Waals surface area (Å²) in [6.45, 7) is 7.98. The lowest BCUT2D eigenvalue weighted by Gasteiger charge is -2.29. The van der Waals surface area contributed by atoms with E-state index in [1.165, 1.54) is 0 Å². The third-order valence-electron chi connectivity index (χ3n) is 8.70. The maximum atomic E-state index is 12.5. The Bertz CT molecular complexity index is 1460. The highest BCUT2D eigenvalue weighted by molar-refractivity contribution is 5.81. The zero-order valence-corrected chi connectivity index (χ0v) is 37.6. The number of allylic oxidation sites excluding steroid dienone is 24. The van der Waals surface area contributed by atoms with Crippen LogP contribution in [0.1, 0.15) is 137 Å². The molecule has 7 nitrogen and oxygen atoms in total. The Kier molecular flexibility index (Phi) is 39.0. The van der Waals surface area contributed by atoms with E-state index >= 15 is 0 Å². The molecule has 60 heavy (non-hydrogen) atoms. The second-order valence-corrected chi connectivity index (χ2v) is 14.8. The molecular formula is C53H79NO6. The lowest BCUT2D eigenvalue weighted by Crippen LogP contribution is -2.46. The third kappa shape index (κ3) is 38.8. The molecule has 1 unspecified atom stereocenters. The minimum atomic E-state index is -1.36. The van der Waals surface area contributed by atoms with Gasteiger partial charge in [-0.25, -0.2) is 0 Å². The Morgan fingerprint density at radius 1 is 0.483 bits per heavy atom. The Balaban J connectivity index is 3.95. The maximum Gasteiger partial charge on any atom is 0.306 e. The number of carbonyl (C=O) groups is 3. The summed E-state index contributed by atoms with van der Waals surface area (Å²) in [6.07, 6.45) is 63.6. The first-order valence-electron chi connectivity index (χ1n) is 22.3. The van der Waals surface area contributed by atoms with Crippen LogP contribution in [0.2, 0.25) is 0 Å². The van der Waals surface area contributed by atoms with Crippen molar-refractivity contribution in [3.8, 4) is 0 Å². The second-order valence-electron chi connectivity index (χ2n) is 14.8. The molecule has 0 aliphatic heterocycles. The summed E-state index contributed by atoms with van der Waals surface area (Å²) in [5.41, 5.74) is -0.970. The number of amides is 1. The number of ether oxygens (including phenoxy) is 2. The molecule has 0 radical (unpaired) electrons. The second kappa shape index (κ2) is 42.4. The van der Waals surface area contributed by atoms with Crippen LogP contribution in [-0.4, -0.2) is 48.8 Å². The summed E-state index contributed by atoms with van der Waals surface area (Å²) in [5, 5.41) is 13.3. The lowest BCUT2D eigenvalue weighted by molar-refractivity contribution is -0.153. The van der Waals surface area contributed by atoms with Crippen LogP contribution in [0.25, 0.3) is 0 Å². The van der Waals surface area contributed by atoms with Gasteiger partial charge in [0, 0.05) is 24.8 Å². The van der Waals surface area contributed by atoms with E-state index in [9.17, 15) is 19.5 Å². The molecule has 0 aromatic rings. The first kappa shape index (κ1) is 55.2. The van der Waals surface area contributed by atoms with Gasteiger partial charge in [0.15, 0.2) is 0 Å². The van der Waals surface area contributed by atoms with Gasteiger partial charge in [-0.05, 0) is 96.3 Å². The first-order chi connectivity index (χ1) is 29.2. The molecule has 7 heteroatoms. The molecule has 0 fully saturated rings. The van der Waals surface area contributed by atoms with E-state index in [0.717, 1.165) is 77.0 Å². The molecule has 0 saturated carbocycles. The Morgan fingerprint density at radius 3 is 1.12 bits per heavy atom. The zero-order chi connectivity index (χ0) is 44.0. The number of aliphatic hydroxyl groups excluding tert-OH is 1. The predicted octanol–water partition coefficient (Wildman–Crippen LogP) is 12.9. The molecule has 0 aliphatic carbocycles. The smallest absolute Gasteiger partial charge is 0.306 e. The predicted molar refractivity (Wildman–Crippen MR) is 254 cm³/mol. The molecule has 0 bridgehead atoms. The molecule has 0 spiro atoms. The standard InChI is InChI=1S/C53H79NO6/c1-5-7-9-11-13-15-17-19-21-23-25-27-29-31-33-35-37-39-41-44-49(55)59-47-43-46-54-52(58)51(57)53(3,4)48-60-50(56)45-42-40-38-36-34-32-30-28-26-24-22-20-18-16-14-12-10-8-6-2/h7-10,13-16,19-22,25-28,31-34,37-40,51,57H,5-6,11-12,17-18,23-24,29-30,35-36,41-48H2,1-4H3,(H,54,58). The average Bonchev–Trinajstić information content (AvgIpc) is 3.24. The van der Waals surface area contributed by atoms with Gasteiger partial charge in [0.1, 0.15) is 6.10 Å². The summed E-state index contributed by atoms with van der Waals surface area (Å²) < 4.78 is 10.6. The summed E-state index contributed by atoms with van der Waals surface area (Å²) in [6, 6.07) is 0. The van der Waals surface area contributed by atoms with E-state index in [2.05, 4.69) is 141 Å². The highest BCUT2D eigenvalue weighted by atomic mass is 16.5. The topological polar surface area (TPSA) is 102 Å². The number of hydrogen-bond donors (Lipinski definition) is 2. The van der Waals surface area contributed by atoms with Gasteiger partial charge in [-0.2, -0.15) is 0 Å². The van der Waals surface area contributed by atoms with Crippen LogP contribution in [0, 0.1) is 5.41 Å². The van der Waals surface area contributed by atoms with Crippen molar-refractivity contribution in [3.05, 3.63) is 146 Å². The van der Waals surface area contributed by atoms with E-state index in [-0.39, 0.29) is 38.1 Å². The fourth-order valence-electron chi connectivity index (χ4n) is 5.09. The van der Waals surface area contributed by atoms with Crippen LogP contribution >= 0.6 is 0 Å². The lowest BCUT2D eigenvalue weighted by atomic mass is 9.87. The molecule has 0 aromatic heterocycles. The van der Waals surface area contributed by atoms with Gasteiger partial charge in [0.2, 0.25) is 5.91 Å². The maximum absolute atomic E-state index is 12.5. The molecule has 2 N–H and O–H groups in total. The van der Waals surface area contributed by atoms with E-state index in [1.807, 2.05) is 24.3 Å². The largest absolute Gasteiger partial charge is 0.466 e. The normalized spacial score (nSPS) is 13.8. The quantitative estimate of drug-likeness (QED) is 0.0371. The minimum absolute atomic E-state index is 0.0848. The van der Waals surface area contributed by atoms with Crippen LogP contribution in [0.4, 0.5) is 0 Å². The van der Waals surface area contributed by atoms with Crippen molar-refractivity contribution in [3.63, 3.8) is 0 Å². The summed E-state index contributed by atoms with van der Waals surface area (Å²) in [4.78, 5) is 36.8. The van der Waals surface area contributed by atoms with Crippen molar-refractivity contribution in [1.82, 2.24) is 5.32 Å². The van der Waals surface area contributed by atoms with E-state index < -0.39 is 17.4 Å². The summed E-state index contributed by atoms with van der Waals surface area (Å²) in [7, 11) is 0. The van der Waals surface area contributed by atoms with Gasteiger partial charge in [0.25, 0.3) is 0 Å². The molecule has 1 atom stereocenters. The monoisotopic (exact) mass is 826 g/mol. The van der Waals surface area contributed by atoms with Gasteiger partial charge in [0.05, 0.1) is 13.2 Å². The van der Waals surface area contributed by atoms with Gasteiger partial charge >= 0.3 is 11.9 Å². The Labute approximate surface area is 364 Å². The number of nitrogens with one attached hydrogen (secondary N) is 1. The highest BCUT2D eigenvalue weighted by Gasteiger charge is 2.34. The highest BCUT2D eigenvalue weighted by Crippen LogP contribution is 2.22. The molecule has 0 aromatic carbocycles. The third-order valence-corrected chi connectivity index (χ3v) is 8.70. The summed E-state index contributed by atoms with van der Waals surface area (Å²) in [5.74, 6) is -1.22. The first-order valence-corrected chi connectivity index (χ1v) is 22.3.